The molecule has 0 saturated carbocycles. The van der Waals surface area contributed by atoms with Gasteiger partial charge in [-0.3, -0.25) is 4.79 Å². The van der Waals surface area contributed by atoms with E-state index in [-0.39, 0.29) is 5.91 Å². The van der Waals surface area contributed by atoms with Gasteiger partial charge in [0.2, 0.25) is 5.91 Å². The van der Waals surface area contributed by atoms with Crippen LogP contribution in [0.4, 0.5) is 0 Å². The van der Waals surface area contributed by atoms with E-state index in [9.17, 15) is 4.79 Å². The lowest BCUT2D eigenvalue weighted by Crippen LogP contribution is -2.28. The monoisotopic (exact) mass is 310 g/mol. The van der Waals surface area contributed by atoms with Gasteiger partial charge in [0.15, 0.2) is 0 Å². The summed E-state index contributed by atoms with van der Waals surface area (Å²) in [6.45, 7) is 2.67. The highest BCUT2D eigenvalue weighted by molar-refractivity contribution is 5.76. The third-order valence-corrected chi connectivity index (χ3v) is 3.82. The van der Waals surface area contributed by atoms with Crippen LogP contribution in [0.2, 0.25) is 0 Å². The Morgan fingerprint density at radius 2 is 1.57 bits per heavy atom. The van der Waals surface area contributed by atoms with Crippen molar-refractivity contribution in [3.63, 3.8) is 0 Å². The van der Waals surface area contributed by atoms with Crippen molar-refractivity contribution >= 4 is 5.91 Å². The van der Waals surface area contributed by atoms with Gasteiger partial charge in [-0.2, -0.15) is 0 Å². The van der Waals surface area contributed by atoms with Crippen molar-refractivity contribution in [3.8, 4) is 0 Å². The molecule has 1 N–H and O–H groups in total. The fraction of sp³-hybridized carbons (Fsp3) is 0.350. The molecule has 122 valence electrons. The molecular weight excluding hydrogens is 284 g/mol. The van der Waals surface area contributed by atoms with Crippen molar-refractivity contribution in [2.75, 3.05) is 20.1 Å². The maximum absolute atomic E-state index is 11.8. The van der Waals surface area contributed by atoms with E-state index in [0.717, 1.165) is 32.5 Å². The lowest BCUT2D eigenvalue weighted by molar-refractivity contribution is -0.121. The molecule has 0 fully saturated rings. The van der Waals surface area contributed by atoms with Crippen LogP contribution < -0.4 is 5.32 Å². The summed E-state index contributed by atoms with van der Waals surface area (Å²) in [7, 11) is 2.12. The molecule has 0 unspecified atom stereocenters. The first-order valence-electron chi connectivity index (χ1n) is 8.27. The van der Waals surface area contributed by atoms with Gasteiger partial charge in [-0.25, -0.2) is 0 Å². The zero-order valence-electron chi connectivity index (χ0n) is 13.9. The Morgan fingerprint density at radius 1 is 0.957 bits per heavy atom. The summed E-state index contributed by atoms with van der Waals surface area (Å²) in [6.07, 6.45) is 2.34. The highest BCUT2D eigenvalue weighted by Crippen LogP contribution is 2.03. The second-order valence-electron chi connectivity index (χ2n) is 5.91. The molecule has 0 atom stereocenters. The first-order chi connectivity index (χ1) is 11.2. The van der Waals surface area contributed by atoms with Gasteiger partial charge < -0.3 is 10.2 Å². The van der Waals surface area contributed by atoms with Crippen molar-refractivity contribution in [2.45, 2.75) is 25.8 Å². The van der Waals surface area contributed by atoms with Gasteiger partial charge in [0.1, 0.15) is 0 Å². The number of amides is 1. The van der Waals surface area contributed by atoms with Gasteiger partial charge in [0, 0.05) is 19.5 Å². The van der Waals surface area contributed by atoms with Gasteiger partial charge in [-0.15, -0.1) is 0 Å². The molecule has 0 aliphatic rings. The Kier molecular flexibility index (Phi) is 7.34. The standard InChI is InChI=1S/C20H26N2O/c1-22(17-19-11-6-3-7-12-19)16-8-15-21-20(23)14-13-18-9-4-2-5-10-18/h2-7,9-12H,8,13-17H2,1H3,(H,21,23). The van der Waals surface area contributed by atoms with Crippen molar-refractivity contribution in [1.29, 1.82) is 0 Å². The molecule has 0 aliphatic carbocycles. The number of hydrogen-bond acceptors (Lipinski definition) is 2. The van der Waals surface area contributed by atoms with Crippen LogP contribution in [-0.2, 0) is 17.8 Å². The van der Waals surface area contributed by atoms with Crippen LogP contribution in [0, 0.1) is 0 Å². The summed E-state index contributed by atoms with van der Waals surface area (Å²) in [6, 6.07) is 20.6. The van der Waals surface area contributed by atoms with E-state index in [1.807, 2.05) is 24.3 Å². The van der Waals surface area contributed by atoms with E-state index >= 15 is 0 Å². The van der Waals surface area contributed by atoms with Crippen molar-refractivity contribution in [1.82, 2.24) is 10.2 Å². The first-order valence-corrected chi connectivity index (χ1v) is 8.27. The Labute approximate surface area is 139 Å². The van der Waals surface area contributed by atoms with Crippen molar-refractivity contribution < 1.29 is 4.79 Å². The third-order valence-electron chi connectivity index (χ3n) is 3.82. The number of nitrogens with zero attached hydrogens (tertiary/aromatic N) is 1. The summed E-state index contributed by atoms with van der Waals surface area (Å²) < 4.78 is 0. The molecule has 2 rings (SSSR count). The summed E-state index contributed by atoms with van der Waals surface area (Å²) in [5.74, 6) is 0.138. The molecule has 1 amide bonds. The smallest absolute Gasteiger partial charge is 0.220 e. The van der Waals surface area contributed by atoms with E-state index in [1.54, 1.807) is 0 Å². The van der Waals surface area contributed by atoms with Gasteiger partial charge in [-0.05, 0) is 37.6 Å². The SMILES string of the molecule is CN(CCCNC(=O)CCc1ccccc1)Cc1ccccc1. The van der Waals surface area contributed by atoms with Gasteiger partial charge in [0.25, 0.3) is 0 Å². The average Bonchev–Trinajstić information content (AvgIpc) is 2.59. The fourth-order valence-electron chi connectivity index (χ4n) is 2.54. The van der Waals surface area contributed by atoms with Gasteiger partial charge in [-0.1, -0.05) is 60.7 Å². The summed E-state index contributed by atoms with van der Waals surface area (Å²) >= 11 is 0. The lowest BCUT2D eigenvalue weighted by Gasteiger charge is -2.16. The quantitative estimate of drug-likeness (QED) is 0.721. The molecule has 0 saturated heterocycles. The molecule has 0 heterocycles. The van der Waals surface area contributed by atoms with Crippen LogP contribution in [0.25, 0.3) is 0 Å². The number of hydrogen-bond donors (Lipinski definition) is 1. The van der Waals surface area contributed by atoms with Gasteiger partial charge >= 0.3 is 0 Å². The molecule has 0 spiro atoms. The minimum absolute atomic E-state index is 0.138. The number of carbonyl (C=O) groups excluding carboxylic acids is 1. The van der Waals surface area contributed by atoms with Gasteiger partial charge in [0.05, 0.1) is 0 Å². The second-order valence-corrected chi connectivity index (χ2v) is 5.91. The molecule has 2 aromatic rings. The van der Waals surface area contributed by atoms with Crippen molar-refractivity contribution in [2.24, 2.45) is 0 Å². The molecular formula is C20H26N2O. The summed E-state index contributed by atoms with van der Waals surface area (Å²) in [5, 5.41) is 3.01. The molecule has 2 aromatic carbocycles. The number of rotatable bonds is 9. The lowest BCUT2D eigenvalue weighted by atomic mass is 10.1. The van der Waals surface area contributed by atoms with Crippen LogP contribution >= 0.6 is 0 Å². The van der Waals surface area contributed by atoms with Crippen molar-refractivity contribution in [3.05, 3.63) is 71.8 Å². The van der Waals surface area contributed by atoms with E-state index < -0.39 is 0 Å². The number of carbonyl (C=O) groups is 1. The van der Waals surface area contributed by atoms with Crippen LogP contribution in [0.15, 0.2) is 60.7 Å². The van der Waals surface area contributed by atoms with E-state index in [1.165, 1.54) is 11.1 Å². The average molecular weight is 310 g/mol. The normalized spacial score (nSPS) is 10.7. The van der Waals surface area contributed by atoms with E-state index in [0.29, 0.717) is 6.42 Å². The van der Waals surface area contributed by atoms with E-state index in [4.69, 9.17) is 0 Å². The van der Waals surface area contributed by atoms with Crippen LogP contribution in [0.3, 0.4) is 0 Å². The maximum atomic E-state index is 11.8. The Morgan fingerprint density at radius 3 is 2.22 bits per heavy atom. The minimum atomic E-state index is 0.138. The largest absolute Gasteiger partial charge is 0.356 e. The zero-order chi connectivity index (χ0) is 16.3. The minimum Gasteiger partial charge on any atom is -0.356 e. The molecule has 23 heavy (non-hydrogen) atoms. The summed E-state index contributed by atoms with van der Waals surface area (Å²) in [5.41, 5.74) is 2.53. The highest BCUT2D eigenvalue weighted by atomic mass is 16.1. The third kappa shape index (κ3) is 7.11. The Bertz CT molecular complexity index is 569. The Hall–Kier alpha value is -2.13. The van der Waals surface area contributed by atoms with Crippen LogP contribution in [0.1, 0.15) is 24.0 Å². The molecule has 0 aliphatic heterocycles. The Balaban J connectivity index is 1.55. The molecule has 0 aromatic heterocycles. The maximum Gasteiger partial charge on any atom is 0.220 e. The second kappa shape index (κ2) is 9.80. The topological polar surface area (TPSA) is 32.3 Å². The van der Waals surface area contributed by atoms with Crippen LogP contribution in [-0.4, -0.2) is 30.9 Å². The van der Waals surface area contributed by atoms with Crippen LogP contribution in [0.5, 0.6) is 0 Å². The van der Waals surface area contributed by atoms with E-state index in [2.05, 4.69) is 53.7 Å². The number of aryl methyl sites for hydroxylation is 1. The molecule has 0 bridgehead atoms. The summed E-state index contributed by atoms with van der Waals surface area (Å²) in [4.78, 5) is 14.1. The molecule has 3 heteroatoms. The number of nitrogens with one attached hydrogen (secondary N) is 1. The predicted octanol–water partition coefficient (Wildman–Crippen LogP) is 3.26. The first kappa shape index (κ1) is 17.2. The molecule has 3 nitrogen and oxygen atoms in total. The zero-order valence-corrected chi connectivity index (χ0v) is 13.9. The molecule has 0 radical (unpaired) electrons. The number of benzene rings is 2. The predicted molar refractivity (Wildman–Crippen MR) is 95.2 cm³/mol. The fourth-order valence-corrected chi connectivity index (χ4v) is 2.54. The highest BCUT2D eigenvalue weighted by Gasteiger charge is 2.03.